The molecule has 1 aliphatic rings. The summed E-state index contributed by atoms with van der Waals surface area (Å²) < 4.78 is 20.4. The third kappa shape index (κ3) is 4.21. The van der Waals surface area contributed by atoms with Gasteiger partial charge in [0.1, 0.15) is 11.6 Å². The summed E-state index contributed by atoms with van der Waals surface area (Å²) in [6.07, 6.45) is 4.35. The molecule has 2 atom stereocenters. The topological polar surface area (TPSA) is 93.5 Å². The molecule has 1 aromatic carbocycles. The van der Waals surface area contributed by atoms with E-state index in [9.17, 15) is 19.1 Å². The molecular weight excluding hydrogens is 365 g/mol. The molecule has 1 aromatic heterocycles. The van der Waals surface area contributed by atoms with Crippen LogP contribution in [-0.4, -0.2) is 26.8 Å². The predicted octanol–water partition coefficient (Wildman–Crippen LogP) is 3.28. The van der Waals surface area contributed by atoms with E-state index < -0.39 is 23.6 Å². The van der Waals surface area contributed by atoms with Gasteiger partial charge in [-0.2, -0.15) is 5.10 Å². The van der Waals surface area contributed by atoms with Gasteiger partial charge in [0.25, 0.3) is 0 Å². The van der Waals surface area contributed by atoms with E-state index in [1.54, 1.807) is 36.7 Å². The fraction of sp³-hybridized carbons (Fsp3) is 0.350. The molecule has 0 fully saturated rings. The van der Waals surface area contributed by atoms with Crippen LogP contribution >= 0.6 is 0 Å². The van der Waals surface area contributed by atoms with Crippen molar-refractivity contribution in [3.63, 3.8) is 0 Å². The van der Waals surface area contributed by atoms with E-state index in [1.165, 1.54) is 12.1 Å². The van der Waals surface area contributed by atoms with Crippen molar-refractivity contribution in [1.29, 1.82) is 0 Å². The summed E-state index contributed by atoms with van der Waals surface area (Å²) >= 11 is 0. The highest BCUT2D eigenvalue weighted by Crippen LogP contribution is 2.29. The molecule has 3 rings (SSSR count). The van der Waals surface area contributed by atoms with Crippen LogP contribution in [0.1, 0.15) is 24.2 Å². The number of nitrogens with one attached hydrogen (secondary N) is 1. The van der Waals surface area contributed by atoms with Crippen molar-refractivity contribution in [1.82, 2.24) is 9.78 Å². The Balaban J connectivity index is 1.71. The molecule has 0 aliphatic heterocycles. The first-order valence-electron chi connectivity index (χ1n) is 8.98. The number of halogens is 1. The predicted molar refractivity (Wildman–Crippen MR) is 100 cm³/mol. The number of anilines is 1. The SMILES string of the molecule is Cc1nn(COc2cccc(F)c2)c(C)c1NC(=O)[C@@H]1CC=CC[C@@H]1C(=O)O. The molecule has 148 valence electrons. The number of aliphatic carboxylic acids is 1. The maximum Gasteiger partial charge on any atom is 0.307 e. The minimum Gasteiger partial charge on any atom is -0.481 e. The second kappa shape index (κ2) is 8.24. The summed E-state index contributed by atoms with van der Waals surface area (Å²) in [5.41, 5.74) is 1.79. The van der Waals surface area contributed by atoms with Gasteiger partial charge in [-0.15, -0.1) is 0 Å². The molecule has 1 heterocycles. The van der Waals surface area contributed by atoms with E-state index in [4.69, 9.17) is 4.74 Å². The van der Waals surface area contributed by atoms with Crippen molar-refractivity contribution in [2.24, 2.45) is 11.8 Å². The number of amides is 1. The monoisotopic (exact) mass is 387 g/mol. The second-order valence-electron chi connectivity index (χ2n) is 6.76. The van der Waals surface area contributed by atoms with Gasteiger partial charge in [0.2, 0.25) is 5.91 Å². The minimum absolute atomic E-state index is 0.0515. The van der Waals surface area contributed by atoms with Crippen LogP contribution in [0, 0.1) is 31.5 Å². The van der Waals surface area contributed by atoms with Crippen LogP contribution < -0.4 is 10.1 Å². The molecule has 28 heavy (non-hydrogen) atoms. The fourth-order valence-electron chi connectivity index (χ4n) is 3.29. The highest BCUT2D eigenvalue weighted by Gasteiger charge is 2.34. The van der Waals surface area contributed by atoms with Crippen LogP contribution in [0.15, 0.2) is 36.4 Å². The van der Waals surface area contributed by atoms with Crippen molar-refractivity contribution in [2.45, 2.75) is 33.4 Å². The number of hydrogen-bond donors (Lipinski definition) is 2. The average Bonchev–Trinajstić information content (AvgIpc) is 2.94. The first-order chi connectivity index (χ1) is 13.4. The summed E-state index contributed by atoms with van der Waals surface area (Å²) in [4.78, 5) is 24.1. The lowest BCUT2D eigenvalue weighted by molar-refractivity contribution is -0.146. The number of aromatic nitrogens is 2. The Bertz CT molecular complexity index is 922. The van der Waals surface area contributed by atoms with Crippen molar-refractivity contribution < 1.29 is 23.8 Å². The van der Waals surface area contributed by atoms with Gasteiger partial charge in [0.15, 0.2) is 6.73 Å². The number of hydrogen-bond acceptors (Lipinski definition) is 4. The molecule has 0 unspecified atom stereocenters. The zero-order chi connectivity index (χ0) is 20.3. The van der Waals surface area contributed by atoms with Gasteiger partial charge in [0, 0.05) is 6.07 Å². The molecule has 2 aromatic rings. The van der Waals surface area contributed by atoms with E-state index >= 15 is 0 Å². The second-order valence-corrected chi connectivity index (χ2v) is 6.76. The minimum atomic E-state index is -0.975. The third-order valence-corrected chi connectivity index (χ3v) is 4.87. The van der Waals surface area contributed by atoms with Crippen LogP contribution in [0.25, 0.3) is 0 Å². The van der Waals surface area contributed by atoms with Gasteiger partial charge in [-0.1, -0.05) is 18.2 Å². The standard InChI is InChI=1S/C20H22FN3O4/c1-12-18(22-19(25)16-8-3-4-9-17(16)20(26)27)13(2)24(23-12)11-28-15-7-5-6-14(21)10-15/h3-7,10,16-17H,8-9,11H2,1-2H3,(H,22,25)(H,26,27)/t16-,17+/m1/s1. The van der Waals surface area contributed by atoms with Crippen LogP contribution in [0.5, 0.6) is 5.75 Å². The Morgan fingerprint density at radius 2 is 2.00 bits per heavy atom. The van der Waals surface area contributed by atoms with Crippen LogP contribution in [0.2, 0.25) is 0 Å². The highest BCUT2D eigenvalue weighted by molar-refractivity contribution is 5.96. The molecule has 0 spiro atoms. The number of carbonyl (C=O) groups is 2. The van der Waals surface area contributed by atoms with E-state index in [1.807, 2.05) is 6.08 Å². The maximum atomic E-state index is 13.3. The number of carboxylic acid groups (broad SMARTS) is 1. The Labute approximate surface area is 161 Å². The zero-order valence-electron chi connectivity index (χ0n) is 15.7. The summed E-state index contributed by atoms with van der Waals surface area (Å²) in [5.74, 6) is -2.71. The average molecular weight is 387 g/mol. The molecular formula is C20H22FN3O4. The van der Waals surface area contributed by atoms with E-state index in [2.05, 4.69) is 10.4 Å². The highest BCUT2D eigenvalue weighted by atomic mass is 19.1. The molecule has 8 heteroatoms. The molecule has 1 amide bonds. The lowest BCUT2D eigenvalue weighted by atomic mass is 9.82. The Kier molecular flexibility index (Phi) is 5.77. The van der Waals surface area contributed by atoms with Gasteiger partial charge in [-0.25, -0.2) is 9.07 Å². The van der Waals surface area contributed by atoms with Gasteiger partial charge >= 0.3 is 5.97 Å². The van der Waals surface area contributed by atoms with Crippen LogP contribution in [0.3, 0.4) is 0 Å². The smallest absolute Gasteiger partial charge is 0.307 e. The first-order valence-corrected chi connectivity index (χ1v) is 8.98. The molecule has 0 radical (unpaired) electrons. The molecule has 1 aliphatic carbocycles. The van der Waals surface area contributed by atoms with Crippen LogP contribution in [-0.2, 0) is 16.3 Å². The first kappa shape index (κ1) is 19.6. The number of aryl methyl sites for hydroxylation is 1. The summed E-state index contributed by atoms with van der Waals surface area (Å²) in [5, 5.41) is 16.5. The number of benzene rings is 1. The summed E-state index contributed by atoms with van der Waals surface area (Å²) in [6.45, 7) is 3.58. The molecule has 0 saturated heterocycles. The maximum absolute atomic E-state index is 13.3. The van der Waals surface area contributed by atoms with Crippen LogP contribution in [0.4, 0.5) is 10.1 Å². The molecule has 0 saturated carbocycles. The Morgan fingerprint density at radius 3 is 2.68 bits per heavy atom. The normalized spacial score (nSPS) is 18.7. The van der Waals surface area contributed by atoms with Gasteiger partial charge in [-0.3, -0.25) is 9.59 Å². The molecule has 0 bridgehead atoms. The number of ether oxygens (including phenoxy) is 1. The summed E-state index contributed by atoms with van der Waals surface area (Å²) in [7, 11) is 0. The largest absolute Gasteiger partial charge is 0.481 e. The van der Waals surface area contributed by atoms with Crippen molar-refractivity contribution in [3.8, 4) is 5.75 Å². The molecule has 2 N–H and O–H groups in total. The van der Waals surface area contributed by atoms with Crippen molar-refractivity contribution >= 4 is 17.6 Å². The lowest BCUT2D eigenvalue weighted by Gasteiger charge is -2.24. The number of nitrogens with zero attached hydrogens (tertiary/aromatic N) is 2. The van der Waals surface area contributed by atoms with E-state index in [0.29, 0.717) is 35.7 Å². The van der Waals surface area contributed by atoms with Crippen molar-refractivity contribution in [2.75, 3.05) is 5.32 Å². The van der Waals surface area contributed by atoms with Gasteiger partial charge in [0.05, 0.1) is 28.9 Å². The Hall–Kier alpha value is -3.16. The number of rotatable bonds is 6. The third-order valence-electron chi connectivity index (χ3n) is 4.87. The number of carboxylic acids is 1. The molecule has 7 nitrogen and oxygen atoms in total. The number of allylic oxidation sites excluding steroid dienone is 2. The quantitative estimate of drug-likeness (QED) is 0.742. The van der Waals surface area contributed by atoms with E-state index in [0.717, 1.165) is 0 Å². The Morgan fingerprint density at radius 1 is 1.29 bits per heavy atom. The van der Waals surface area contributed by atoms with Gasteiger partial charge in [-0.05, 0) is 38.8 Å². The lowest BCUT2D eigenvalue weighted by Crippen LogP contribution is -2.35. The van der Waals surface area contributed by atoms with E-state index in [-0.39, 0.29) is 12.6 Å². The number of carbonyl (C=O) groups excluding carboxylic acids is 1. The zero-order valence-corrected chi connectivity index (χ0v) is 15.7. The fourth-order valence-corrected chi connectivity index (χ4v) is 3.29. The van der Waals surface area contributed by atoms with Crippen molar-refractivity contribution in [3.05, 3.63) is 53.6 Å². The summed E-state index contributed by atoms with van der Waals surface area (Å²) in [6, 6.07) is 5.79. The van der Waals surface area contributed by atoms with Gasteiger partial charge < -0.3 is 15.2 Å².